The molecule has 52 heavy (non-hydrogen) atoms. The van der Waals surface area contributed by atoms with Crippen LogP contribution in [0.1, 0.15) is 57.3 Å². The summed E-state index contributed by atoms with van der Waals surface area (Å²) in [4.78, 5) is 76.4. The Balaban J connectivity index is 0.868. The number of hydrogen-bond acceptors (Lipinski definition) is 11. The van der Waals surface area contributed by atoms with Crippen molar-refractivity contribution < 1.29 is 28.7 Å². The Kier molecular flexibility index (Phi) is 9.70. The van der Waals surface area contributed by atoms with Gasteiger partial charge in [0.15, 0.2) is 0 Å². The minimum Gasteiger partial charge on any atom is -0.382 e. The summed E-state index contributed by atoms with van der Waals surface area (Å²) in [5, 5.41) is 16.7. The van der Waals surface area contributed by atoms with Crippen molar-refractivity contribution in [3.8, 4) is 11.3 Å². The Morgan fingerprint density at radius 2 is 1.83 bits per heavy atom. The lowest BCUT2D eigenvalue weighted by Crippen LogP contribution is -2.54. The molecule has 3 aromatic heterocycles. The molecule has 7 rings (SSSR count). The third-order valence-corrected chi connectivity index (χ3v) is 8.74. The highest BCUT2D eigenvalue weighted by atomic mass is 16.5. The van der Waals surface area contributed by atoms with Crippen molar-refractivity contribution in [3.05, 3.63) is 83.8 Å². The number of piperidine rings is 1. The second-order valence-corrected chi connectivity index (χ2v) is 12.3. The summed E-state index contributed by atoms with van der Waals surface area (Å²) < 4.78 is 7.55. The zero-order valence-electron chi connectivity index (χ0n) is 28.3. The van der Waals surface area contributed by atoms with E-state index in [1.165, 1.54) is 6.07 Å². The molecule has 0 bridgehead atoms. The maximum absolute atomic E-state index is 13.2. The molecule has 1 atom stereocenters. The quantitative estimate of drug-likeness (QED) is 0.0838. The number of benzene rings is 2. The number of nitrogens with one attached hydrogen (secondary N) is 5. The molecule has 266 valence electrons. The van der Waals surface area contributed by atoms with Gasteiger partial charge in [0.25, 0.3) is 17.7 Å². The van der Waals surface area contributed by atoms with E-state index in [0.29, 0.717) is 35.1 Å². The fourth-order valence-corrected chi connectivity index (χ4v) is 6.25. The molecule has 2 aliphatic heterocycles. The molecule has 16 heteroatoms. The minimum atomic E-state index is -1.03. The van der Waals surface area contributed by atoms with E-state index in [-0.39, 0.29) is 49.6 Å². The third kappa shape index (κ3) is 6.96. The molecule has 16 nitrogen and oxygen atoms in total. The normalized spacial score (nSPS) is 15.6. The van der Waals surface area contributed by atoms with Crippen LogP contribution in [0.3, 0.4) is 0 Å². The van der Waals surface area contributed by atoms with Crippen LogP contribution in [0.15, 0.2) is 67.1 Å². The Morgan fingerprint density at radius 1 is 1.00 bits per heavy atom. The van der Waals surface area contributed by atoms with Crippen molar-refractivity contribution in [2.75, 3.05) is 36.9 Å². The van der Waals surface area contributed by atoms with Crippen molar-refractivity contribution in [2.24, 2.45) is 0 Å². The molecule has 5 N–H and O–H groups in total. The first kappa shape index (κ1) is 34.0. The van der Waals surface area contributed by atoms with Crippen LogP contribution in [0.25, 0.3) is 22.3 Å². The lowest BCUT2D eigenvalue weighted by molar-refractivity contribution is -0.136. The number of amides is 5. The molecule has 2 aromatic carbocycles. The maximum atomic E-state index is 13.2. The van der Waals surface area contributed by atoms with Gasteiger partial charge in [-0.25, -0.2) is 4.98 Å². The number of rotatable bonds is 14. The molecule has 1 unspecified atom stereocenters. The van der Waals surface area contributed by atoms with E-state index in [2.05, 4.69) is 43.3 Å². The van der Waals surface area contributed by atoms with Crippen LogP contribution in [0, 0.1) is 0 Å². The second kappa shape index (κ2) is 14.8. The molecular formula is C36H36N10O6. The van der Waals surface area contributed by atoms with E-state index in [1.54, 1.807) is 42.6 Å². The number of aromatic amines is 1. The summed E-state index contributed by atoms with van der Waals surface area (Å²) in [6.45, 7) is 4.02. The van der Waals surface area contributed by atoms with Gasteiger partial charge in [-0.2, -0.15) is 10.1 Å². The number of hydrogen-bond donors (Lipinski definition) is 5. The number of ether oxygens (including phenoxy) is 1. The van der Waals surface area contributed by atoms with Crippen LogP contribution in [0.2, 0.25) is 0 Å². The molecule has 5 amide bonds. The Morgan fingerprint density at radius 3 is 2.63 bits per heavy atom. The van der Waals surface area contributed by atoms with Gasteiger partial charge in [0.05, 0.1) is 36.2 Å². The standard InChI is InChI=1S/C36H36N10O6/c1-2-16-45-20-22(19-40-45)30-25-12-13-38-31(25)44-36(43-30)41-23-8-6-21(7-9-23)32(48)39-15-18-52-17-14-37-26-5-3-4-24-29(26)35(51)46(34(24)50)27-10-11-28(47)42-33(27)49/h3-9,12-13,19-20,27,37H,2,10-11,14-18H2,1H3,(H,39,48)(H,42,47,49)(H2,38,41,43,44). The van der Waals surface area contributed by atoms with E-state index in [1.807, 2.05) is 23.1 Å². The Bertz CT molecular complexity index is 2180. The largest absolute Gasteiger partial charge is 0.382 e. The van der Waals surface area contributed by atoms with Crippen LogP contribution in [0.4, 0.5) is 17.3 Å². The number of fused-ring (bicyclic) bond motifs is 2. The minimum absolute atomic E-state index is 0.0497. The molecule has 0 saturated carbocycles. The number of aryl methyl sites for hydroxylation is 1. The van der Waals surface area contributed by atoms with Gasteiger partial charge in [-0.15, -0.1) is 0 Å². The van der Waals surface area contributed by atoms with Crippen LogP contribution in [-0.2, 0) is 20.9 Å². The zero-order valence-corrected chi connectivity index (χ0v) is 28.3. The number of carbonyl (C=O) groups is 5. The SMILES string of the molecule is CCCn1cc(-c2nc(Nc3ccc(C(=O)NCCOCCNc4cccc5c4C(=O)N(C4CCC(=O)NC4=O)C5=O)cc3)nc3[nH]ccc23)cn1. The van der Waals surface area contributed by atoms with Gasteiger partial charge in [-0.1, -0.05) is 13.0 Å². The van der Waals surface area contributed by atoms with Crippen LogP contribution in [-0.4, -0.2) is 91.5 Å². The summed E-state index contributed by atoms with van der Waals surface area (Å²) in [6, 6.07) is 12.7. The second-order valence-electron chi connectivity index (χ2n) is 12.3. The maximum Gasteiger partial charge on any atom is 0.264 e. The monoisotopic (exact) mass is 704 g/mol. The summed E-state index contributed by atoms with van der Waals surface area (Å²) in [5.74, 6) is -2.09. The lowest BCUT2D eigenvalue weighted by Gasteiger charge is -2.27. The summed E-state index contributed by atoms with van der Waals surface area (Å²) in [5.41, 5.74) is 4.35. The fraction of sp³-hybridized carbons (Fsp3) is 0.278. The fourth-order valence-electron chi connectivity index (χ4n) is 6.25. The predicted molar refractivity (Wildman–Crippen MR) is 190 cm³/mol. The zero-order chi connectivity index (χ0) is 36.2. The molecule has 5 heterocycles. The van der Waals surface area contributed by atoms with Gasteiger partial charge in [0, 0.05) is 66.3 Å². The Hall–Kier alpha value is -6.42. The third-order valence-electron chi connectivity index (χ3n) is 8.74. The van der Waals surface area contributed by atoms with Gasteiger partial charge in [-0.05, 0) is 55.3 Å². The van der Waals surface area contributed by atoms with Crippen LogP contribution in [0.5, 0.6) is 0 Å². The van der Waals surface area contributed by atoms with E-state index in [0.717, 1.165) is 34.5 Å². The van der Waals surface area contributed by atoms with Crippen molar-refractivity contribution in [2.45, 2.75) is 38.8 Å². The smallest absolute Gasteiger partial charge is 0.264 e. The molecular weight excluding hydrogens is 668 g/mol. The highest BCUT2D eigenvalue weighted by Gasteiger charge is 2.45. The predicted octanol–water partition coefficient (Wildman–Crippen LogP) is 3.23. The summed E-state index contributed by atoms with van der Waals surface area (Å²) in [6.07, 6.45) is 6.70. The van der Waals surface area contributed by atoms with E-state index in [9.17, 15) is 24.0 Å². The molecule has 1 saturated heterocycles. The van der Waals surface area contributed by atoms with Crippen LogP contribution < -0.4 is 21.3 Å². The molecule has 1 fully saturated rings. The molecule has 0 spiro atoms. The summed E-state index contributed by atoms with van der Waals surface area (Å²) >= 11 is 0. The number of aromatic nitrogens is 5. The lowest BCUT2D eigenvalue weighted by atomic mass is 10.0. The molecule has 2 aliphatic rings. The number of imide groups is 2. The van der Waals surface area contributed by atoms with Gasteiger partial charge < -0.3 is 25.7 Å². The summed E-state index contributed by atoms with van der Waals surface area (Å²) in [7, 11) is 0. The van der Waals surface area contributed by atoms with Gasteiger partial charge in [0.1, 0.15) is 11.7 Å². The van der Waals surface area contributed by atoms with Gasteiger partial charge in [-0.3, -0.25) is 38.9 Å². The van der Waals surface area contributed by atoms with Crippen LogP contribution >= 0.6 is 0 Å². The van der Waals surface area contributed by atoms with Crippen molar-refractivity contribution >= 4 is 57.9 Å². The molecule has 5 aromatic rings. The number of anilines is 3. The number of carbonyl (C=O) groups excluding carboxylic acids is 5. The molecule has 0 aliphatic carbocycles. The van der Waals surface area contributed by atoms with E-state index < -0.39 is 29.7 Å². The van der Waals surface area contributed by atoms with Gasteiger partial charge in [0.2, 0.25) is 17.8 Å². The van der Waals surface area contributed by atoms with Gasteiger partial charge >= 0.3 is 0 Å². The highest BCUT2D eigenvalue weighted by Crippen LogP contribution is 2.32. The van der Waals surface area contributed by atoms with Crippen molar-refractivity contribution in [3.63, 3.8) is 0 Å². The van der Waals surface area contributed by atoms with Crippen molar-refractivity contribution in [1.82, 2.24) is 40.3 Å². The average Bonchev–Trinajstić information content (AvgIpc) is 3.87. The van der Waals surface area contributed by atoms with E-state index >= 15 is 0 Å². The van der Waals surface area contributed by atoms with Crippen molar-refractivity contribution in [1.29, 1.82) is 0 Å². The first-order chi connectivity index (χ1) is 25.3. The number of nitrogens with zero attached hydrogens (tertiary/aromatic N) is 5. The Labute approximate surface area is 297 Å². The molecule has 0 radical (unpaired) electrons. The first-order valence-electron chi connectivity index (χ1n) is 17.0. The highest BCUT2D eigenvalue weighted by molar-refractivity contribution is 6.25. The number of H-pyrrole nitrogens is 1. The first-order valence-corrected chi connectivity index (χ1v) is 17.0. The topological polar surface area (TPSA) is 205 Å². The van der Waals surface area contributed by atoms with E-state index in [4.69, 9.17) is 9.72 Å². The average molecular weight is 705 g/mol.